The summed E-state index contributed by atoms with van der Waals surface area (Å²) in [4.78, 5) is 16.4. The van der Waals surface area contributed by atoms with Crippen molar-refractivity contribution in [3.63, 3.8) is 0 Å². The van der Waals surface area contributed by atoms with E-state index in [9.17, 15) is 4.79 Å². The SMILES string of the molecule is CCC(=O)c1ccc(N2CCCC(N(C)C)C2)cc1. The number of ketones is 1. The number of hydrogen-bond acceptors (Lipinski definition) is 3. The van der Waals surface area contributed by atoms with Gasteiger partial charge in [0.1, 0.15) is 0 Å². The zero-order chi connectivity index (χ0) is 13.8. The summed E-state index contributed by atoms with van der Waals surface area (Å²) in [5.41, 5.74) is 2.06. The van der Waals surface area contributed by atoms with Crippen LogP contribution in [0.4, 0.5) is 5.69 Å². The quantitative estimate of drug-likeness (QED) is 0.778. The van der Waals surface area contributed by atoms with Gasteiger partial charge in [-0.25, -0.2) is 0 Å². The molecule has 0 radical (unpaired) electrons. The number of carbonyl (C=O) groups is 1. The number of rotatable bonds is 4. The molecule has 1 aromatic rings. The first-order valence-corrected chi connectivity index (χ1v) is 7.16. The van der Waals surface area contributed by atoms with Crippen LogP contribution < -0.4 is 4.90 Å². The van der Waals surface area contributed by atoms with Gasteiger partial charge < -0.3 is 9.80 Å². The summed E-state index contributed by atoms with van der Waals surface area (Å²) in [6.07, 6.45) is 3.08. The average molecular weight is 260 g/mol. The molecule has 0 spiro atoms. The Labute approximate surface area is 116 Å². The Morgan fingerprint density at radius 2 is 2.00 bits per heavy atom. The van der Waals surface area contributed by atoms with E-state index in [0.29, 0.717) is 12.5 Å². The van der Waals surface area contributed by atoms with Gasteiger partial charge in [0.2, 0.25) is 0 Å². The molecule has 1 fully saturated rings. The minimum Gasteiger partial charge on any atom is -0.370 e. The van der Waals surface area contributed by atoms with E-state index in [0.717, 1.165) is 18.7 Å². The molecule has 1 saturated heterocycles. The van der Waals surface area contributed by atoms with E-state index in [1.165, 1.54) is 18.5 Å². The molecular weight excluding hydrogens is 236 g/mol. The van der Waals surface area contributed by atoms with Crippen molar-refractivity contribution in [3.8, 4) is 0 Å². The Morgan fingerprint density at radius 3 is 2.58 bits per heavy atom. The first-order valence-electron chi connectivity index (χ1n) is 7.16. The monoisotopic (exact) mass is 260 g/mol. The molecule has 19 heavy (non-hydrogen) atoms. The van der Waals surface area contributed by atoms with E-state index in [4.69, 9.17) is 0 Å². The Hall–Kier alpha value is -1.35. The van der Waals surface area contributed by atoms with Gasteiger partial charge in [-0.15, -0.1) is 0 Å². The van der Waals surface area contributed by atoms with Crippen LogP contribution in [0.15, 0.2) is 24.3 Å². The summed E-state index contributed by atoms with van der Waals surface area (Å²) in [7, 11) is 4.30. The second-order valence-corrected chi connectivity index (χ2v) is 5.53. The third-order valence-corrected chi connectivity index (χ3v) is 4.00. The van der Waals surface area contributed by atoms with Crippen LogP contribution in [0.3, 0.4) is 0 Å². The van der Waals surface area contributed by atoms with Gasteiger partial charge in [0, 0.05) is 36.8 Å². The zero-order valence-electron chi connectivity index (χ0n) is 12.2. The van der Waals surface area contributed by atoms with E-state index >= 15 is 0 Å². The van der Waals surface area contributed by atoms with Crippen LogP contribution in [0.25, 0.3) is 0 Å². The van der Waals surface area contributed by atoms with Crippen molar-refractivity contribution >= 4 is 11.5 Å². The summed E-state index contributed by atoms with van der Waals surface area (Å²) < 4.78 is 0. The fourth-order valence-electron chi connectivity index (χ4n) is 2.67. The van der Waals surface area contributed by atoms with Crippen molar-refractivity contribution in [2.45, 2.75) is 32.2 Å². The van der Waals surface area contributed by atoms with Crippen molar-refractivity contribution < 1.29 is 4.79 Å². The van der Waals surface area contributed by atoms with Crippen molar-refractivity contribution in [1.29, 1.82) is 0 Å². The molecule has 0 aromatic heterocycles. The second-order valence-electron chi connectivity index (χ2n) is 5.53. The highest BCUT2D eigenvalue weighted by Crippen LogP contribution is 2.22. The largest absolute Gasteiger partial charge is 0.370 e. The lowest BCUT2D eigenvalue weighted by Gasteiger charge is -2.37. The highest BCUT2D eigenvalue weighted by atomic mass is 16.1. The van der Waals surface area contributed by atoms with Crippen LogP contribution in [0.5, 0.6) is 0 Å². The number of carbonyl (C=O) groups excluding carboxylic acids is 1. The topological polar surface area (TPSA) is 23.6 Å². The lowest BCUT2D eigenvalue weighted by Crippen LogP contribution is -2.45. The molecule has 1 aromatic carbocycles. The van der Waals surface area contributed by atoms with Crippen molar-refractivity contribution in [1.82, 2.24) is 4.90 Å². The molecule has 3 nitrogen and oxygen atoms in total. The maximum Gasteiger partial charge on any atom is 0.162 e. The van der Waals surface area contributed by atoms with Gasteiger partial charge in [0.05, 0.1) is 0 Å². The summed E-state index contributed by atoms with van der Waals surface area (Å²) in [6.45, 7) is 4.10. The molecule has 0 saturated carbocycles. The minimum atomic E-state index is 0.219. The predicted octanol–water partition coefficient (Wildman–Crippen LogP) is 2.81. The van der Waals surface area contributed by atoms with E-state index in [1.807, 2.05) is 19.1 Å². The number of Topliss-reactive ketones (excluding diaryl/α,β-unsaturated/α-hetero) is 1. The summed E-state index contributed by atoms with van der Waals surface area (Å²) in [5.74, 6) is 0.219. The van der Waals surface area contributed by atoms with Gasteiger partial charge in [-0.3, -0.25) is 4.79 Å². The van der Waals surface area contributed by atoms with E-state index < -0.39 is 0 Å². The lowest BCUT2D eigenvalue weighted by atomic mass is 10.0. The number of anilines is 1. The molecule has 1 aliphatic rings. The molecule has 1 unspecified atom stereocenters. The van der Waals surface area contributed by atoms with E-state index in [1.54, 1.807) is 0 Å². The molecule has 104 valence electrons. The van der Waals surface area contributed by atoms with E-state index in [-0.39, 0.29) is 5.78 Å². The molecule has 0 N–H and O–H groups in total. The summed E-state index contributed by atoms with van der Waals surface area (Å²) >= 11 is 0. The zero-order valence-corrected chi connectivity index (χ0v) is 12.2. The minimum absolute atomic E-state index is 0.219. The Morgan fingerprint density at radius 1 is 1.32 bits per heavy atom. The van der Waals surface area contributed by atoms with Gasteiger partial charge in [-0.05, 0) is 51.2 Å². The maximum atomic E-state index is 11.6. The first-order chi connectivity index (χ1) is 9.11. The average Bonchev–Trinajstić information content (AvgIpc) is 2.46. The second kappa shape index (κ2) is 6.20. The van der Waals surface area contributed by atoms with Gasteiger partial charge in [-0.2, -0.15) is 0 Å². The molecule has 3 heteroatoms. The highest BCUT2D eigenvalue weighted by Gasteiger charge is 2.21. The molecule has 0 amide bonds. The first kappa shape index (κ1) is 14.1. The Kier molecular flexibility index (Phi) is 4.59. The predicted molar refractivity (Wildman–Crippen MR) is 80.0 cm³/mol. The fourth-order valence-corrected chi connectivity index (χ4v) is 2.67. The number of hydrogen-bond donors (Lipinski definition) is 0. The molecule has 0 bridgehead atoms. The van der Waals surface area contributed by atoms with Crippen molar-refractivity contribution in [2.24, 2.45) is 0 Å². The van der Waals surface area contributed by atoms with E-state index in [2.05, 4.69) is 36.0 Å². The van der Waals surface area contributed by atoms with Crippen LogP contribution in [0, 0.1) is 0 Å². The molecule has 1 heterocycles. The summed E-state index contributed by atoms with van der Waals surface area (Å²) in [6, 6.07) is 8.72. The van der Waals surface area contributed by atoms with Gasteiger partial charge in [0.15, 0.2) is 5.78 Å². The number of likely N-dealkylation sites (N-methyl/N-ethyl adjacent to an activating group) is 1. The fraction of sp³-hybridized carbons (Fsp3) is 0.562. The Bertz CT molecular complexity index is 425. The van der Waals surface area contributed by atoms with Crippen LogP contribution in [-0.2, 0) is 0 Å². The normalized spacial score (nSPS) is 19.8. The third kappa shape index (κ3) is 3.35. The Balaban J connectivity index is 2.07. The van der Waals surface area contributed by atoms with Gasteiger partial charge in [0.25, 0.3) is 0 Å². The summed E-state index contributed by atoms with van der Waals surface area (Å²) in [5, 5.41) is 0. The smallest absolute Gasteiger partial charge is 0.162 e. The number of benzene rings is 1. The molecule has 1 atom stereocenters. The molecule has 2 rings (SSSR count). The van der Waals surface area contributed by atoms with Crippen molar-refractivity contribution in [2.75, 3.05) is 32.1 Å². The van der Waals surface area contributed by atoms with Crippen LogP contribution >= 0.6 is 0 Å². The molecule has 1 aliphatic heterocycles. The molecular formula is C16H24N2O. The number of nitrogens with zero attached hydrogens (tertiary/aromatic N) is 2. The number of piperidine rings is 1. The van der Waals surface area contributed by atoms with Crippen LogP contribution in [0.2, 0.25) is 0 Å². The van der Waals surface area contributed by atoms with Gasteiger partial charge >= 0.3 is 0 Å². The van der Waals surface area contributed by atoms with Crippen LogP contribution in [-0.4, -0.2) is 43.9 Å². The van der Waals surface area contributed by atoms with Crippen LogP contribution in [0.1, 0.15) is 36.5 Å². The van der Waals surface area contributed by atoms with Crippen molar-refractivity contribution in [3.05, 3.63) is 29.8 Å². The highest BCUT2D eigenvalue weighted by molar-refractivity contribution is 5.96. The maximum absolute atomic E-state index is 11.6. The lowest BCUT2D eigenvalue weighted by molar-refractivity contribution is 0.0988. The molecule has 0 aliphatic carbocycles. The standard InChI is InChI=1S/C16H24N2O/c1-4-16(19)13-7-9-14(10-8-13)18-11-5-6-15(12-18)17(2)3/h7-10,15H,4-6,11-12H2,1-3H3. The van der Waals surface area contributed by atoms with Gasteiger partial charge in [-0.1, -0.05) is 6.92 Å². The third-order valence-electron chi connectivity index (χ3n) is 4.00.